The number of nitrogens with zero attached hydrogens (tertiary/aromatic N) is 1. The summed E-state index contributed by atoms with van der Waals surface area (Å²) in [4.78, 5) is 14.6. The highest BCUT2D eigenvalue weighted by Crippen LogP contribution is 2.28. The minimum absolute atomic E-state index is 0.379. The maximum Gasteiger partial charge on any atom is 0.222 e. The van der Waals surface area contributed by atoms with Crippen LogP contribution >= 0.6 is 0 Å². The van der Waals surface area contributed by atoms with Crippen molar-refractivity contribution in [3.63, 3.8) is 0 Å². The molecule has 0 aromatic heterocycles. The molecular weight excluding hydrogens is 260 g/mol. The molecule has 3 unspecified atom stereocenters. The summed E-state index contributed by atoms with van der Waals surface area (Å²) in [6.45, 7) is 6.58. The van der Waals surface area contributed by atoms with Gasteiger partial charge in [-0.2, -0.15) is 0 Å². The van der Waals surface area contributed by atoms with Gasteiger partial charge in [0.25, 0.3) is 0 Å². The molecule has 0 aromatic rings. The molecule has 0 bridgehead atoms. The average Bonchev–Trinajstić information content (AvgIpc) is 2.71. The van der Waals surface area contributed by atoms with Crippen molar-refractivity contribution in [1.29, 1.82) is 0 Å². The molecule has 1 saturated carbocycles. The number of hydrogen-bond donors (Lipinski definition) is 1. The molecule has 122 valence electrons. The van der Waals surface area contributed by atoms with Crippen molar-refractivity contribution in [3.8, 4) is 0 Å². The third-order valence-electron chi connectivity index (χ3n) is 5.66. The van der Waals surface area contributed by atoms with E-state index in [1.54, 1.807) is 0 Å². The number of likely N-dealkylation sites (tertiary alicyclic amines) is 1. The summed E-state index contributed by atoms with van der Waals surface area (Å²) in [6, 6.07) is 0.379. The number of carbonyl (C=O) groups excluding carboxylic acids is 1. The molecule has 2 fully saturated rings. The predicted molar refractivity (Wildman–Crippen MR) is 87.9 cm³/mol. The maximum absolute atomic E-state index is 12.4. The van der Waals surface area contributed by atoms with Crippen LogP contribution in [-0.4, -0.2) is 29.9 Å². The van der Waals surface area contributed by atoms with Crippen LogP contribution in [-0.2, 0) is 4.79 Å². The van der Waals surface area contributed by atoms with Gasteiger partial charge in [-0.15, -0.1) is 0 Å². The van der Waals surface area contributed by atoms with Gasteiger partial charge in [-0.3, -0.25) is 4.79 Å². The molecule has 2 aliphatic rings. The molecule has 21 heavy (non-hydrogen) atoms. The molecule has 1 amide bonds. The fourth-order valence-electron chi connectivity index (χ4n) is 4.12. The highest BCUT2D eigenvalue weighted by Gasteiger charge is 2.24. The van der Waals surface area contributed by atoms with Crippen molar-refractivity contribution in [2.45, 2.75) is 77.7 Å². The molecule has 1 aliphatic heterocycles. The first kappa shape index (κ1) is 16.8. The molecule has 1 saturated heterocycles. The second-order valence-corrected chi connectivity index (χ2v) is 7.65. The van der Waals surface area contributed by atoms with Crippen LogP contribution in [0.2, 0.25) is 0 Å². The summed E-state index contributed by atoms with van der Waals surface area (Å²) >= 11 is 0. The summed E-state index contributed by atoms with van der Waals surface area (Å²) < 4.78 is 0. The second kappa shape index (κ2) is 8.17. The van der Waals surface area contributed by atoms with Crippen LogP contribution < -0.4 is 5.73 Å². The van der Waals surface area contributed by atoms with E-state index in [-0.39, 0.29) is 0 Å². The Labute approximate surface area is 130 Å². The van der Waals surface area contributed by atoms with Crippen LogP contribution in [0, 0.1) is 17.8 Å². The number of carbonyl (C=O) groups is 1. The molecule has 1 heterocycles. The minimum Gasteiger partial charge on any atom is -0.343 e. The Hall–Kier alpha value is -0.570. The minimum atomic E-state index is 0.379. The van der Waals surface area contributed by atoms with Crippen molar-refractivity contribution < 1.29 is 4.79 Å². The van der Waals surface area contributed by atoms with E-state index in [2.05, 4.69) is 18.7 Å². The Kier molecular flexibility index (Phi) is 6.53. The van der Waals surface area contributed by atoms with E-state index < -0.39 is 0 Å². The summed E-state index contributed by atoms with van der Waals surface area (Å²) in [5.41, 5.74) is 6.04. The fourth-order valence-corrected chi connectivity index (χ4v) is 4.12. The molecule has 0 aromatic carbocycles. The number of nitrogens with two attached hydrogens (primary N) is 1. The molecule has 3 heteroatoms. The summed E-state index contributed by atoms with van der Waals surface area (Å²) in [5.74, 6) is 2.63. The van der Waals surface area contributed by atoms with E-state index in [0.29, 0.717) is 17.9 Å². The number of rotatable bonds is 4. The Balaban J connectivity index is 1.72. The molecule has 1 aliphatic carbocycles. The van der Waals surface area contributed by atoms with Crippen molar-refractivity contribution in [3.05, 3.63) is 0 Å². The van der Waals surface area contributed by atoms with Gasteiger partial charge in [0.15, 0.2) is 0 Å². The van der Waals surface area contributed by atoms with Gasteiger partial charge in [0, 0.05) is 25.6 Å². The fraction of sp³-hybridized carbons (Fsp3) is 0.944. The Bertz CT molecular complexity index is 329. The quantitative estimate of drug-likeness (QED) is 0.861. The maximum atomic E-state index is 12.4. The van der Waals surface area contributed by atoms with Gasteiger partial charge in [-0.05, 0) is 56.3 Å². The van der Waals surface area contributed by atoms with Crippen LogP contribution in [0.1, 0.15) is 71.6 Å². The van der Waals surface area contributed by atoms with Crippen LogP contribution in [0.5, 0.6) is 0 Å². The van der Waals surface area contributed by atoms with Crippen LogP contribution in [0.4, 0.5) is 0 Å². The Morgan fingerprint density at radius 1 is 1.14 bits per heavy atom. The van der Waals surface area contributed by atoms with Gasteiger partial charge in [-0.25, -0.2) is 0 Å². The van der Waals surface area contributed by atoms with E-state index in [1.807, 2.05) is 0 Å². The van der Waals surface area contributed by atoms with Crippen LogP contribution in [0.15, 0.2) is 0 Å². The third kappa shape index (κ3) is 5.28. The van der Waals surface area contributed by atoms with E-state index in [9.17, 15) is 4.79 Å². The Morgan fingerprint density at radius 3 is 2.67 bits per heavy atom. The first-order valence-corrected chi connectivity index (χ1v) is 9.09. The lowest BCUT2D eigenvalue weighted by Crippen LogP contribution is -2.33. The molecule has 2 rings (SSSR count). The lowest BCUT2D eigenvalue weighted by atomic mass is 9.83. The van der Waals surface area contributed by atoms with Crippen molar-refractivity contribution in [1.82, 2.24) is 4.90 Å². The van der Waals surface area contributed by atoms with Crippen LogP contribution in [0.25, 0.3) is 0 Å². The standard InChI is InChI=1S/C18H34N2O/c1-14(2)16-6-4-11-20(12-10-16)18(21)9-8-15-5-3-7-17(19)13-15/h14-17H,3-13,19H2,1-2H3. The second-order valence-electron chi connectivity index (χ2n) is 7.65. The first-order valence-electron chi connectivity index (χ1n) is 9.09. The third-order valence-corrected chi connectivity index (χ3v) is 5.66. The van der Waals surface area contributed by atoms with Crippen molar-refractivity contribution in [2.75, 3.05) is 13.1 Å². The summed E-state index contributed by atoms with van der Waals surface area (Å²) in [6.07, 6.45) is 10.3. The Morgan fingerprint density at radius 2 is 1.95 bits per heavy atom. The lowest BCUT2D eigenvalue weighted by molar-refractivity contribution is -0.131. The molecular formula is C18H34N2O. The molecule has 2 N–H and O–H groups in total. The summed E-state index contributed by atoms with van der Waals surface area (Å²) in [5, 5.41) is 0. The van der Waals surface area contributed by atoms with Gasteiger partial charge < -0.3 is 10.6 Å². The van der Waals surface area contributed by atoms with Gasteiger partial charge in [-0.1, -0.05) is 26.7 Å². The van der Waals surface area contributed by atoms with Crippen molar-refractivity contribution >= 4 is 5.91 Å². The zero-order chi connectivity index (χ0) is 15.2. The molecule has 0 radical (unpaired) electrons. The first-order chi connectivity index (χ1) is 10.1. The lowest BCUT2D eigenvalue weighted by Gasteiger charge is -2.27. The van der Waals surface area contributed by atoms with Gasteiger partial charge in [0.2, 0.25) is 5.91 Å². The van der Waals surface area contributed by atoms with E-state index in [4.69, 9.17) is 5.73 Å². The zero-order valence-electron chi connectivity index (χ0n) is 14.0. The topological polar surface area (TPSA) is 46.3 Å². The molecule has 3 nitrogen and oxygen atoms in total. The van der Waals surface area contributed by atoms with Gasteiger partial charge in [0.1, 0.15) is 0 Å². The largest absolute Gasteiger partial charge is 0.343 e. The number of hydrogen-bond acceptors (Lipinski definition) is 2. The van der Waals surface area contributed by atoms with Gasteiger partial charge in [0.05, 0.1) is 0 Å². The molecule has 0 spiro atoms. The van der Waals surface area contributed by atoms with Crippen LogP contribution in [0.3, 0.4) is 0 Å². The zero-order valence-corrected chi connectivity index (χ0v) is 14.0. The summed E-state index contributed by atoms with van der Waals surface area (Å²) in [7, 11) is 0. The monoisotopic (exact) mass is 294 g/mol. The smallest absolute Gasteiger partial charge is 0.222 e. The highest BCUT2D eigenvalue weighted by molar-refractivity contribution is 5.76. The molecule has 3 atom stereocenters. The number of amides is 1. The normalized spacial score (nSPS) is 31.2. The SMILES string of the molecule is CC(C)C1CCCN(C(=O)CCC2CCCC(N)C2)CC1. The average molecular weight is 294 g/mol. The highest BCUT2D eigenvalue weighted by atomic mass is 16.2. The van der Waals surface area contributed by atoms with Crippen molar-refractivity contribution in [2.24, 2.45) is 23.5 Å². The van der Waals surface area contributed by atoms with Gasteiger partial charge >= 0.3 is 0 Å². The van der Waals surface area contributed by atoms with E-state index in [1.165, 1.54) is 38.5 Å². The van der Waals surface area contributed by atoms with E-state index >= 15 is 0 Å². The van der Waals surface area contributed by atoms with E-state index in [0.717, 1.165) is 44.2 Å². The predicted octanol–water partition coefficient (Wildman–Crippen LogP) is 3.57.